The summed E-state index contributed by atoms with van der Waals surface area (Å²) in [5.41, 5.74) is 7.46. The van der Waals surface area contributed by atoms with Crippen LogP contribution in [-0.2, 0) is 0 Å². The maximum absolute atomic E-state index is 8.95. The third-order valence-electron chi connectivity index (χ3n) is 3.89. The van der Waals surface area contributed by atoms with Crippen molar-refractivity contribution in [2.75, 3.05) is 38.6 Å². The van der Waals surface area contributed by atoms with Gasteiger partial charge in [-0.2, -0.15) is 0 Å². The van der Waals surface area contributed by atoms with E-state index >= 15 is 0 Å². The van der Waals surface area contributed by atoms with E-state index in [0.29, 0.717) is 11.5 Å². The van der Waals surface area contributed by atoms with Crippen LogP contribution in [-0.4, -0.2) is 54.7 Å². The fourth-order valence-corrected chi connectivity index (χ4v) is 2.85. The van der Waals surface area contributed by atoms with Crippen molar-refractivity contribution in [3.63, 3.8) is 0 Å². The number of likely N-dealkylation sites (tertiary alicyclic amines) is 1. The van der Waals surface area contributed by atoms with Crippen LogP contribution >= 0.6 is 0 Å². The van der Waals surface area contributed by atoms with Gasteiger partial charge in [-0.3, -0.25) is 0 Å². The van der Waals surface area contributed by atoms with Crippen molar-refractivity contribution in [3.05, 3.63) is 23.4 Å². The molecule has 1 atom stereocenters. The highest BCUT2D eigenvalue weighted by Gasteiger charge is 2.23. The molecule has 0 radical (unpaired) electrons. The number of nitrogens with two attached hydrogens (primary N) is 1. The Bertz CT molecular complexity index is 502. The van der Waals surface area contributed by atoms with E-state index in [1.807, 2.05) is 20.0 Å². The van der Waals surface area contributed by atoms with Crippen LogP contribution in [0.3, 0.4) is 0 Å². The van der Waals surface area contributed by atoms with Crippen LogP contribution in [0.2, 0.25) is 0 Å². The smallest absolute Gasteiger partial charge is 0.174 e. The highest BCUT2D eigenvalue weighted by atomic mass is 16.4. The second-order valence-corrected chi connectivity index (χ2v) is 5.61. The molecule has 1 saturated heterocycles. The number of rotatable bonds is 4. The summed E-state index contributed by atoms with van der Waals surface area (Å²) in [5.74, 6) is 1.52. The zero-order valence-corrected chi connectivity index (χ0v) is 12.4. The van der Waals surface area contributed by atoms with Crippen molar-refractivity contribution in [2.24, 2.45) is 16.8 Å². The molecule has 1 aromatic rings. The molecule has 0 spiro atoms. The van der Waals surface area contributed by atoms with E-state index in [-0.39, 0.29) is 5.84 Å². The van der Waals surface area contributed by atoms with Crippen molar-refractivity contribution in [1.82, 2.24) is 9.88 Å². The summed E-state index contributed by atoms with van der Waals surface area (Å²) in [6.07, 6.45) is 2.96. The number of aromatic nitrogens is 1. The van der Waals surface area contributed by atoms with Crippen molar-refractivity contribution in [2.45, 2.75) is 13.3 Å². The summed E-state index contributed by atoms with van der Waals surface area (Å²) in [6, 6.07) is 1.87. The van der Waals surface area contributed by atoms with Gasteiger partial charge >= 0.3 is 0 Å². The van der Waals surface area contributed by atoms with Crippen molar-refractivity contribution in [1.29, 1.82) is 0 Å². The lowest BCUT2D eigenvalue weighted by Gasteiger charge is -2.24. The number of hydrogen-bond donors (Lipinski definition) is 2. The first-order valence-electron chi connectivity index (χ1n) is 6.86. The van der Waals surface area contributed by atoms with Gasteiger partial charge in [0, 0.05) is 26.3 Å². The van der Waals surface area contributed by atoms with E-state index in [9.17, 15) is 0 Å². The van der Waals surface area contributed by atoms with Crippen LogP contribution in [0, 0.1) is 12.8 Å². The molecule has 0 aromatic carbocycles. The molecule has 0 saturated carbocycles. The van der Waals surface area contributed by atoms with E-state index in [2.05, 4.69) is 27.0 Å². The van der Waals surface area contributed by atoms with Crippen LogP contribution in [0.25, 0.3) is 0 Å². The van der Waals surface area contributed by atoms with Gasteiger partial charge in [-0.25, -0.2) is 4.98 Å². The Kier molecular flexibility index (Phi) is 4.44. The van der Waals surface area contributed by atoms with E-state index in [1.165, 1.54) is 6.42 Å². The van der Waals surface area contributed by atoms with E-state index < -0.39 is 0 Å². The molecule has 2 heterocycles. The van der Waals surface area contributed by atoms with E-state index in [0.717, 1.165) is 31.0 Å². The van der Waals surface area contributed by atoms with E-state index in [1.54, 1.807) is 6.20 Å². The van der Waals surface area contributed by atoms with Crippen LogP contribution in [0.1, 0.15) is 17.5 Å². The molecule has 1 unspecified atom stereocenters. The number of aryl methyl sites for hydroxylation is 1. The highest BCUT2D eigenvalue weighted by Crippen LogP contribution is 2.23. The predicted molar refractivity (Wildman–Crippen MR) is 80.4 cm³/mol. The average Bonchev–Trinajstić information content (AvgIpc) is 2.83. The fourth-order valence-electron chi connectivity index (χ4n) is 2.85. The maximum atomic E-state index is 8.95. The van der Waals surface area contributed by atoms with Crippen molar-refractivity contribution in [3.8, 4) is 0 Å². The molecule has 3 N–H and O–H groups in total. The van der Waals surface area contributed by atoms with Crippen LogP contribution in [0.15, 0.2) is 17.4 Å². The Balaban J connectivity index is 2.21. The third-order valence-corrected chi connectivity index (χ3v) is 3.89. The maximum Gasteiger partial charge on any atom is 0.174 e. The van der Waals surface area contributed by atoms with Gasteiger partial charge in [0.25, 0.3) is 0 Å². The number of pyridine rings is 1. The molecular weight excluding hydrogens is 254 g/mol. The highest BCUT2D eigenvalue weighted by molar-refractivity contribution is 6.02. The average molecular weight is 277 g/mol. The van der Waals surface area contributed by atoms with Crippen molar-refractivity contribution < 1.29 is 5.21 Å². The number of hydrogen-bond acceptors (Lipinski definition) is 5. The first kappa shape index (κ1) is 14.6. The van der Waals surface area contributed by atoms with Gasteiger partial charge in [-0.1, -0.05) is 5.16 Å². The second kappa shape index (κ2) is 6.09. The zero-order valence-electron chi connectivity index (χ0n) is 12.4. The van der Waals surface area contributed by atoms with Gasteiger partial charge in [-0.15, -0.1) is 0 Å². The monoisotopic (exact) mass is 277 g/mol. The Morgan fingerprint density at radius 2 is 2.40 bits per heavy atom. The quantitative estimate of drug-likeness (QED) is 0.369. The summed E-state index contributed by atoms with van der Waals surface area (Å²) in [7, 11) is 4.15. The van der Waals surface area contributed by atoms with Gasteiger partial charge in [-0.05, 0) is 44.5 Å². The SMILES string of the molecule is Cc1ccnc(N(C)CC2CCN(C)C2)c1/C(N)=N/O. The Morgan fingerprint density at radius 1 is 1.65 bits per heavy atom. The molecule has 1 fully saturated rings. The lowest BCUT2D eigenvalue weighted by molar-refractivity contribution is 0.318. The summed E-state index contributed by atoms with van der Waals surface area (Å²) < 4.78 is 0. The molecule has 1 aliphatic heterocycles. The summed E-state index contributed by atoms with van der Waals surface area (Å²) in [4.78, 5) is 8.85. The molecule has 20 heavy (non-hydrogen) atoms. The molecule has 1 aromatic heterocycles. The third kappa shape index (κ3) is 3.01. The predicted octanol–water partition coefficient (Wildman–Crippen LogP) is 0.872. The molecule has 6 nitrogen and oxygen atoms in total. The summed E-state index contributed by atoms with van der Waals surface area (Å²) >= 11 is 0. The fraction of sp³-hybridized carbons (Fsp3) is 0.571. The lowest BCUT2D eigenvalue weighted by Crippen LogP contribution is -2.30. The summed E-state index contributed by atoms with van der Waals surface area (Å²) in [6.45, 7) is 5.12. The Labute approximate surface area is 119 Å². The molecule has 6 heteroatoms. The van der Waals surface area contributed by atoms with Crippen LogP contribution in [0.4, 0.5) is 5.82 Å². The summed E-state index contributed by atoms with van der Waals surface area (Å²) in [5, 5.41) is 12.1. The minimum Gasteiger partial charge on any atom is -0.409 e. The van der Waals surface area contributed by atoms with E-state index in [4.69, 9.17) is 10.9 Å². The number of nitrogens with zero attached hydrogens (tertiary/aromatic N) is 4. The largest absolute Gasteiger partial charge is 0.409 e. The van der Waals surface area contributed by atoms with Gasteiger partial charge < -0.3 is 20.7 Å². The Hall–Kier alpha value is -1.82. The Morgan fingerprint density at radius 3 is 3.00 bits per heavy atom. The normalized spacial score (nSPS) is 20.4. The molecule has 0 amide bonds. The molecule has 2 rings (SSSR count). The number of oxime groups is 1. The molecule has 0 bridgehead atoms. The first-order chi connectivity index (χ1) is 9.52. The first-order valence-corrected chi connectivity index (χ1v) is 6.86. The number of anilines is 1. The van der Waals surface area contributed by atoms with Gasteiger partial charge in [0.05, 0.1) is 5.56 Å². The topological polar surface area (TPSA) is 78.0 Å². The minimum atomic E-state index is 0.112. The van der Waals surface area contributed by atoms with Gasteiger partial charge in [0.1, 0.15) is 5.82 Å². The zero-order chi connectivity index (χ0) is 14.7. The second-order valence-electron chi connectivity index (χ2n) is 5.61. The molecule has 1 aliphatic rings. The molecular formula is C14H23N5O. The van der Waals surface area contributed by atoms with Gasteiger partial charge in [0.15, 0.2) is 5.84 Å². The molecule has 110 valence electrons. The standard InChI is InChI=1S/C14H23N5O/c1-10-4-6-16-14(12(10)13(15)17-20)19(3)9-11-5-7-18(2)8-11/h4,6,11,20H,5,7-9H2,1-3H3,(H2,15,17). The lowest BCUT2D eigenvalue weighted by atomic mass is 10.1. The molecule has 0 aliphatic carbocycles. The van der Waals surface area contributed by atoms with Crippen LogP contribution < -0.4 is 10.6 Å². The number of amidine groups is 1. The van der Waals surface area contributed by atoms with Gasteiger partial charge in [0.2, 0.25) is 0 Å². The van der Waals surface area contributed by atoms with Crippen LogP contribution in [0.5, 0.6) is 0 Å². The van der Waals surface area contributed by atoms with Crippen molar-refractivity contribution >= 4 is 11.7 Å². The minimum absolute atomic E-state index is 0.112.